The molecule has 0 amide bonds. The summed E-state index contributed by atoms with van der Waals surface area (Å²) in [4.78, 5) is 7.16. The molecule has 1 aliphatic carbocycles. The molecule has 122 valence electrons. The van der Waals surface area contributed by atoms with Crippen LogP contribution in [-0.4, -0.2) is 38.2 Å². The zero-order chi connectivity index (χ0) is 14.5. The van der Waals surface area contributed by atoms with E-state index >= 15 is 0 Å². The molecule has 0 aromatic heterocycles. The summed E-state index contributed by atoms with van der Waals surface area (Å²) in [6.45, 7) is 6.19. The third-order valence-corrected chi connectivity index (χ3v) is 4.20. The first-order valence-corrected chi connectivity index (χ1v) is 8.20. The number of hydrogen-bond donors (Lipinski definition) is 2. The van der Waals surface area contributed by atoms with E-state index in [-0.39, 0.29) is 24.0 Å². The summed E-state index contributed by atoms with van der Waals surface area (Å²) < 4.78 is 0. The maximum Gasteiger partial charge on any atom is 0.191 e. The molecule has 1 aromatic rings. The second-order valence-corrected chi connectivity index (χ2v) is 6.07. The lowest BCUT2D eigenvalue weighted by Crippen LogP contribution is -2.44. The number of guanidine groups is 1. The minimum Gasteiger partial charge on any atom is -0.369 e. The third-order valence-electron chi connectivity index (χ3n) is 4.20. The molecule has 22 heavy (non-hydrogen) atoms. The topological polar surface area (TPSA) is 39.7 Å². The van der Waals surface area contributed by atoms with Gasteiger partial charge in [-0.1, -0.05) is 18.2 Å². The van der Waals surface area contributed by atoms with Gasteiger partial charge in [-0.15, -0.1) is 24.0 Å². The lowest BCUT2D eigenvalue weighted by molar-refractivity contribution is 0.647. The third kappa shape index (κ3) is 5.04. The highest BCUT2D eigenvalue weighted by Gasteiger charge is 2.24. The summed E-state index contributed by atoms with van der Waals surface area (Å²) in [5, 5.41) is 6.96. The maximum absolute atomic E-state index is 4.71. The second-order valence-electron chi connectivity index (χ2n) is 6.07. The quantitative estimate of drug-likeness (QED) is 0.442. The van der Waals surface area contributed by atoms with Crippen LogP contribution in [0.1, 0.15) is 26.2 Å². The zero-order valence-corrected chi connectivity index (χ0v) is 15.6. The van der Waals surface area contributed by atoms with Crippen molar-refractivity contribution in [3.05, 3.63) is 30.3 Å². The van der Waals surface area contributed by atoms with Crippen molar-refractivity contribution in [1.29, 1.82) is 0 Å². The van der Waals surface area contributed by atoms with Crippen molar-refractivity contribution < 1.29 is 0 Å². The molecule has 1 saturated heterocycles. The van der Waals surface area contributed by atoms with Crippen LogP contribution < -0.4 is 15.5 Å². The number of anilines is 1. The number of hydrogen-bond acceptors (Lipinski definition) is 2. The van der Waals surface area contributed by atoms with Crippen LogP contribution in [0.15, 0.2) is 35.3 Å². The molecule has 1 saturated carbocycles. The molecule has 1 aliphatic heterocycles. The number of para-hydroxylation sites is 1. The van der Waals surface area contributed by atoms with Gasteiger partial charge in [0.15, 0.2) is 5.96 Å². The summed E-state index contributed by atoms with van der Waals surface area (Å²) >= 11 is 0. The molecule has 0 spiro atoms. The molecule has 1 unspecified atom stereocenters. The van der Waals surface area contributed by atoms with Gasteiger partial charge >= 0.3 is 0 Å². The first-order valence-electron chi connectivity index (χ1n) is 8.20. The van der Waals surface area contributed by atoms with Crippen molar-refractivity contribution in [2.75, 3.05) is 31.1 Å². The lowest BCUT2D eigenvalue weighted by atomic mass is 10.3. The van der Waals surface area contributed by atoms with Crippen molar-refractivity contribution in [3.8, 4) is 0 Å². The summed E-state index contributed by atoms with van der Waals surface area (Å²) in [5.41, 5.74) is 1.32. The van der Waals surface area contributed by atoms with E-state index in [0.717, 1.165) is 38.1 Å². The summed E-state index contributed by atoms with van der Waals surface area (Å²) in [5.74, 6) is 1.83. The van der Waals surface area contributed by atoms with Crippen molar-refractivity contribution >= 4 is 35.6 Å². The Morgan fingerprint density at radius 2 is 2.00 bits per heavy atom. The van der Waals surface area contributed by atoms with Crippen LogP contribution in [0.3, 0.4) is 0 Å². The molecular weight excluding hydrogens is 387 g/mol. The molecule has 1 atom stereocenters. The maximum atomic E-state index is 4.71. The van der Waals surface area contributed by atoms with Gasteiger partial charge in [0.2, 0.25) is 0 Å². The Kier molecular flexibility index (Phi) is 6.79. The van der Waals surface area contributed by atoms with Crippen LogP contribution in [0.4, 0.5) is 5.69 Å². The van der Waals surface area contributed by atoms with E-state index in [9.17, 15) is 0 Å². The van der Waals surface area contributed by atoms with E-state index in [4.69, 9.17) is 4.99 Å². The molecule has 5 heteroatoms. The summed E-state index contributed by atoms with van der Waals surface area (Å²) in [6, 6.07) is 11.2. The number of rotatable bonds is 5. The number of nitrogens with one attached hydrogen (secondary N) is 2. The van der Waals surface area contributed by atoms with E-state index in [1.54, 1.807) is 0 Å². The van der Waals surface area contributed by atoms with Crippen molar-refractivity contribution in [1.82, 2.24) is 10.6 Å². The molecule has 0 radical (unpaired) electrons. The zero-order valence-electron chi connectivity index (χ0n) is 13.3. The largest absolute Gasteiger partial charge is 0.369 e. The molecule has 1 aromatic carbocycles. The van der Waals surface area contributed by atoms with E-state index < -0.39 is 0 Å². The Balaban J connectivity index is 0.00000176. The average Bonchev–Trinajstić information content (AvgIpc) is 3.23. The summed E-state index contributed by atoms with van der Waals surface area (Å²) in [7, 11) is 0. The minimum absolute atomic E-state index is 0. The highest BCUT2D eigenvalue weighted by molar-refractivity contribution is 14.0. The summed E-state index contributed by atoms with van der Waals surface area (Å²) in [6.07, 6.45) is 3.88. The van der Waals surface area contributed by atoms with Gasteiger partial charge in [-0.2, -0.15) is 0 Å². The Hall–Kier alpha value is -0.980. The fraction of sp³-hybridized carbons (Fsp3) is 0.588. The molecular formula is C17H27IN4. The van der Waals surface area contributed by atoms with Crippen LogP contribution in [-0.2, 0) is 0 Å². The SMILES string of the molecule is CCNC(=NCC1CC1)NC1CCN(c2ccccc2)C1.I. The van der Waals surface area contributed by atoms with Crippen LogP contribution in [0, 0.1) is 5.92 Å². The van der Waals surface area contributed by atoms with Gasteiger partial charge in [0, 0.05) is 37.9 Å². The Morgan fingerprint density at radius 1 is 1.23 bits per heavy atom. The van der Waals surface area contributed by atoms with E-state index in [0.29, 0.717) is 6.04 Å². The fourth-order valence-electron chi connectivity index (χ4n) is 2.79. The molecule has 2 fully saturated rings. The lowest BCUT2D eigenvalue weighted by Gasteiger charge is -2.20. The molecule has 2 N–H and O–H groups in total. The number of halogens is 1. The fourth-order valence-corrected chi connectivity index (χ4v) is 2.79. The number of nitrogens with zero attached hydrogens (tertiary/aromatic N) is 2. The van der Waals surface area contributed by atoms with Crippen LogP contribution >= 0.6 is 24.0 Å². The first kappa shape index (κ1) is 17.4. The Labute approximate surface area is 150 Å². The van der Waals surface area contributed by atoms with Crippen LogP contribution in [0.2, 0.25) is 0 Å². The smallest absolute Gasteiger partial charge is 0.191 e. The predicted molar refractivity (Wildman–Crippen MR) is 104 cm³/mol. The standard InChI is InChI=1S/C17H26N4.HI/c1-2-18-17(19-12-14-8-9-14)20-15-10-11-21(13-15)16-6-4-3-5-7-16;/h3-7,14-15H,2,8-13H2,1H3,(H2,18,19,20);1H. The van der Waals surface area contributed by atoms with Gasteiger partial charge in [0.1, 0.15) is 0 Å². The van der Waals surface area contributed by atoms with E-state index in [2.05, 4.69) is 52.8 Å². The van der Waals surface area contributed by atoms with Crippen LogP contribution in [0.5, 0.6) is 0 Å². The number of benzene rings is 1. The van der Waals surface area contributed by atoms with E-state index in [1.165, 1.54) is 24.9 Å². The van der Waals surface area contributed by atoms with Gasteiger partial charge < -0.3 is 15.5 Å². The van der Waals surface area contributed by atoms with Crippen molar-refractivity contribution in [2.24, 2.45) is 10.9 Å². The van der Waals surface area contributed by atoms with Gasteiger partial charge in [-0.25, -0.2) is 0 Å². The molecule has 2 aliphatic rings. The minimum atomic E-state index is 0. The molecule has 4 nitrogen and oxygen atoms in total. The van der Waals surface area contributed by atoms with Crippen molar-refractivity contribution in [2.45, 2.75) is 32.2 Å². The van der Waals surface area contributed by atoms with E-state index in [1.807, 2.05) is 0 Å². The molecule has 3 rings (SSSR count). The monoisotopic (exact) mass is 414 g/mol. The van der Waals surface area contributed by atoms with Crippen molar-refractivity contribution in [3.63, 3.8) is 0 Å². The van der Waals surface area contributed by atoms with Gasteiger partial charge in [-0.3, -0.25) is 4.99 Å². The normalized spacial score (nSPS) is 21.4. The first-order chi connectivity index (χ1) is 10.3. The van der Waals surface area contributed by atoms with Gasteiger partial charge in [-0.05, 0) is 44.2 Å². The van der Waals surface area contributed by atoms with Gasteiger partial charge in [0.05, 0.1) is 0 Å². The van der Waals surface area contributed by atoms with Gasteiger partial charge in [0.25, 0.3) is 0 Å². The molecule has 0 bridgehead atoms. The van der Waals surface area contributed by atoms with Crippen LogP contribution in [0.25, 0.3) is 0 Å². The highest BCUT2D eigenvalue weighted by atomic mass is 127. The Morgan fingerprint density at radius 3 is 2.68 bits per heavy atom. The second kappa shape index (κ2) is 8.60. The Bertz CT molecular complexity index is 473. The highest BCUT2D eigenvalue weighted by Crippen LogP contribution is 2.28. The average molecular weight is 414 g/mol. The predicted octanol–water partition coefficient (Wildman–Crippen LogP) is 2.85. The number of aliphatic imine (C=N–C) groups is 1. The molecule has 1 heterocycles.